The van der Waals surface area contributed by atoms with Crippen molar-refractivity contribution in [1.82, 2.24) is 4.31 Å². The average Bonchev–Trinajstić information content (AvgIpc) is 2.49. The first-order valence-electron chi connectivity index (χ1n) is 6.91. The lowest BCUT2D eigenvalue weighted by atomic mass is 10.1. The molecule has 0 radical (unpaired) electrons. The first-order chi connectivity index (χ1) is 9.90. The summed E-state index contributed by atoms with van der Waals surface area (Å²) in [5, 5.41) is 9.16. The van der Waals surface area contributed by atoms with Crippen LogP contribution in [0.1, 0.15) is 24.5 Å². The summed E-state index contributed by atoms with van der Waals surface area (Å²) < 4.78 is 45.9. The van der Waals surface area contributed by atoms with Gasteiger partial charge in [0.1, 0.15) is 5.82 Å². The van der Waals surface area contributed by atoms with Crippen molar-refractivity contribution >= 4 is 10.0 Å². The SMILES string of the molecule is CCC1CN(S(=O)(=O)c2cc(C)c(F)c(CO)c2)CCO1. The van der Waals surface area contributed by atoms with Crippen LogP contribution in [0.2, 0.25) is 0 Å². The summed E-state index contributed by atoms with van der Waals surface area (Å²) in [5.74, 6) is -0.565. The van der Waals surface area contributed by atoms with Gasteiger partial charge in [0.15, 0.2) is 0 Å². The molecule has 2 rings (SSSR count). The number of aliphatic hydroxyl groups is 1. The van der Waals surface area contributed by atoms with Crippen molar-refractivity contribution in [3.05, 3.63) is 29.1 Å². The van der Waals surface area contributed by atoms with Gasteiger partial charge < -0.3 is 9.84 Å². The largest absolute Gasteiger partial charge is 0.392 e. The number of benzene rings is 1. The predicted octanol–water partition coefficient (Wildman–Crippen LogP) is 1.43. The smallest absolute Gasteiger partial charge is 0.243 e. The van der Waals surface area contributed by atoms with Crippen molar-refractivity contribution < 1.29 is 22.7 Å². The van der Waals surface area contributed by atoms with Crippen LogP contribution in [-0.2, 0) is 21.4 Å². The molecule has 7 heteroatoms. The van der Waals surface area contributed by atoms with E-state index < -0.39 is 22.4 Å². The molecule has 1 heterocycles. The summed E-state index contributed by atoms with van der Waals surface area (Å²) in [4.78, 5) is 0.0159. The van der Waals surface area contributed by atoms with Gasteiger partial charge in [-0.25, -0.2) is 12.8 Å². The van der Waals surface area contributed by atoms with Crippen molar-refractivity contribution in [2.45, 2.75) is 37.9 Å². The van der Waals surface area contributed by atoms with Gasteiger partial charge in [-0.2, -0.15) is 4.31 Å². The quantitative estimate of drug-likeness (QED) is 0.912. The Kier molecular flexibility index (Phi) is 4.98. The molecule has 1 N–H and O–H groups in total. The maximum absolute atomic E-state index is 13.7. The van der Waals surface area contributed by atoms with Gasteiger partial charge in [-0.3, -0.25) is 0 Å². The molecule has 1 aromatic rings. The molecule has 1 saturated heterocycles. The number of halogens is 1. The Morgan fingerprint density at radius 2 is 2.19 bits per heavy atom. The van der Waals surface area contributed by atoms with Gasteiger partial charge in [0.2, 0.25) is 10.0 Å². The second kappa shape index (κ2) is 6.39. The van der Waals surface area contributed by atoms with E-state index >= 15 is 0 Å². The number of aryl methyl sites for hydroxylation is 1. The minimum Gasteiger partial charge on any atom is -0.392 e. The zero-order valence-corrected chi connectivity index (χ0v) is 13.0. The zero-order chi connectivity index (χ0) is 15.6. The Bertz CT molecular complexity index is 618. The zero-order valence-electron chi connectivity index (χ0n) is 12.2. The maximum Gasteiger partial charge on any atom is 0.243 e. The van der Waals surface area contributed by atoms with Crippen LogP contribution in [-0.4, -0.2) is 43.6 Å². The van der Waals surface area contributed by atoms with Crippen LogP contribution in [0.3, 0.4) is 0 Å². The molecule has 1 unspecified atom stereocenters. The molecular weight excluding hydrogens is 297 g/mol. The molecule has 0 spiro atoms. The summed E-state index contributed by atoms with van der Waals surface area (Å²) in [6.07, 6.45) is 0.614. The molecule has 1 aliphatic heterocycles. The molecule has 21 heavy (non-hydrogen) atoms. The Labute approximate surface area is 124 Å². The first kappa shape index (κ1) is 16.4. The molecular formula is C14H20FNO4S. The molecule has 1 fully saturated rings. The third-order valence-electron chi connectivity index (χ3n) is 3.67. The predicted molar refractivity (Wildman–Crippen MR) is 75.8 cm³/mol. The molecule has 0 aliphatic carbocycles. The van der Waals surface area contributed by atoms with Gasteiger partial charge >= 0.3 is 0 Å². The lowest BCUT2D eigenvalue weighted by Crippen LogP contribution is -2.45. The van der Waals surface area contributed by atoms with E-state index in [0.29, 0.717) is 13.2 Å². The number of aliphatic hydroxyl groups excluding tert-OH is 1. The molecule has 1 aromatic carbocycles. The monoisotopic (exact) mass is 317 g/mol. The number of nitrogens with zero attached hydrogens (tertiary/aromatic N) is 1. The van der Waals surface area contributed by atoms with Gasteiger partial charge in [0, 0.05) is 18.7 Å². The molecule has 5 nitrogen and oxygen atoms in total. The van der Waals surface area contributed by atoms with E-state index in [1.54, 1.807) is 0 Å². The fraction of sp³-hybridized carbons (Fsp3) is 0.571. The van der Waals surface area contributed by atoms with Gasteiger partial charge in [0.25, 0.3) is 0 Å². The van der Waals surface area contributed by atoms with E-state index in [1.165, 1.54) is 23.4 Å². The summed E-state index contributed by atoms with van der Waals surface area (Å²) in [7, 11) is -3.70. The van der Waals surface area contributed by atoms with Crippen molar-refractivity contribution in [3.8, 4) is 0 Å². The summed E-state index contributed by atoms with van der Waals surface area (Å²) in [5.41, 5.74) is 0.203. The van der Waals surface area contributed by atoms with E-state index in [4.69, 9.17) is 9.84 Å². The highest BCUT2D eigenvalue weighted by atomic mass is 32.2. The fourth-order valence-electron chi connectivity index (χ4n) is 2.38. The minimum atomic E-state index is -3.70. The Balaban J connectivity index is 2.37. The standard InChI is InChI=1S/C14H20FNO4S/c1-3-12-8-16(4-5-20-12)21(18,19)13-6-10(2)14(15)11(7-13)9-17/h6-7,12,17H,3-5,8-9H2,1-2H3. The highest BCUT2D eigenvalue weighted by Crippen LogP contribution is 2.24. The Hall–Kier alpha value is -1.02. The van der Waals surface area contributed by atoms with Crippen LogP contribution < -0.4 is 0 Å². The lowest BCUT2D eigenvalue weighted by molar-refractivity contribution is -0.00278. The Morgan fingerprint density at radius 1 is 1.48 bits per heavy atom. The van der Waals surface area contributed by atoms with E-state index in [-0.39, 0.29) is 28.7 Å². The van der Waals surface area contributed by atoms with Crippen molar-refractivity contribution in [3.63, 3.8) is 0 Å². The van der Waals surface area contributed by atoms with Crippen molar-refractivity contribution in [2.24, 2.45) is 0 Å². The molecule has 1 aliphatic rings. The van der Waals surface area contributed by atoms with Gasteiger partial charge in [-0.05, 0) is 31.0 Å². The molecule has 0 aromatic heterocycles. The highest BCUT2D eigenvalue weighted by molar-refractivity contribution is 7.89. The van der Waals surface area contributed by atoms with E-state index in [1.807, 2.05) is 6.92 Å². The van der Waals surface area contributed by atoms with E-state index in [9.17, 15) is 12.8 Å². The van der Waals surface area contributed by atoms with Crippen molar-refractivity contribution in [2.75, 3.05) is 19.7 Å². The normalized spacial score (nSPS) is 20.7. The molecule has 1 atom stereocenters. The summed E-state index contributed by atoms with van der Waals surface area (Å²) >= 11 is 0. The molecule has 118 valence electrons. The number of morpholine rings is 1. The third-order valence-corrected chi connectivity index (χ3v) is 5.51. The summed E-state index contributed by atoms with van der Waals surface area (Å²) in [6.45, 7) is 3.82. The second-order valence-corrected chi connectivity index (χ2v) is 7.07. The number of hydrogen-bond acceptors (Lipinski definition) is 4. The second-order valence-electron chi connectivity index (χ2n) is 5.14. The number of sulfonamides is 1. The van der Waals surface area contributed by atoms with Crippen LogP contribution in [0, 0.1) is 12.7 Å². The van der Waals surface area contributed by atoms with Crippen LogP contribution in [0.25, 0.3) is 0 Å². The topological polar surface area (TPSA) is 66.8 Å². The Morgan fingerprint density at radius 3 is 2.81 bits per heavy atom. The minimum absolute atomic E-state index is 0.00567. The van der Waals surface area contributed by atoms with Crippen molar-refractivity contribution in [1.29, 1.82) is 0 Å². The van der Waals surface area contributed by atoms with Crippen LogP contribution in [0.15, 0.2) is 17.0 Å². The number of rotatable bonds is 4. The number of ether oxygens (including phenoxy) is 1. The van der Waals surface area contributed by atoms with Gasteiger partial charge in [-0.1, -0.05) is 6.92 Å². The molecule has 0 amide bonds. The third kappa shape index (κ3) is 3.26. The molecule has 0 saturated carbocycles. The van der Waals surface area contributed by atoms with E-state index in [2.05, 4.69) is 0 Å². The maximum atomic E-state index is 13.7. The lowest BCUT2D eigenvalue weighted by Gasteiger charge is -2.31. The average molecular weight is 317 g/mol. The van der Waals surface area contributed by atoms with Gasteiger partial charge in [-0.15, -0.1) is 0 Å². The summed E-state index contributed by atoms with van der Waals surface area (Å²) in [6, 6.07) is 2.51. The highest BCUT2D eigenvalue weighted by Gasteiger charge is 2.30. The fourth-order valence-corrected chi connectivity index (χ4v) is 3.97. The van der Waals surface area contributed by atoms with Crippen LogP contribution in [0.4, 0.5) is 4.39 Å². The van der Waals surface area contributed by atoms with E-state index in [0.717, 1.165) is 6.42 Å². The number of hydrogen-bond donors (Lipinski definition) is 1. The van der Waals surface area contributed by atoms with Crippen LogP contribution in [0.5, 0.6) is 0 Å². The van der Waals surface area contributed by atoms with Gasteiger partial charge in [0.05, 0.1) is 24.2 Å². The van der Waals surface area contributed by atoms with Crippen LogP contribution >= 0.6 is 0 Å². The first-order valence-corrected chi connectivity index (χ1v) is 8.35. The molecule has 0 bridgehead atoms.